The average molecular weight is 269 g/mol. The zero-order valence-electron chi connectivity index (χ0n) is 10.0. The molecule has 2 rings (SSSR count). The van der Waals surface area contributed by atoms with E-state index in [4.69, 9.17) is 5.11 Å². The maximum atomic E-state index is 12.1. The van der Waals surface area contributed by atoms with Gasteiger partial charge in [0.25, 0.3) is 0 Å². The lowest BCUT2D eigenvalue weighted by Crippen LogP contribution is -2.36. The molecule has 0 spiro atoms. The molecule has 1 aromatic heterocycles. The lowest BCUT2D eigenvalue weighted by Gasteiger charge is -2.26. The van der Waals surface area contributed by atoms with Crippen molar-refractivity contribution >= 4 is 28.3 Å². The fourth-order valence-corrected chi connectivity index (χ4v) is 2.88. The molecule has 1 fully saturated rings. The summed E-state index contributed by atoms with van der Waals surface area (Å²) in [4.78, 5) is 23.2. The molecule has 18 heavy (non-hydrogen) atoms. The molecule has 0 radical (unpaired) electrons. The molecule has 2 atom stereocenters. The van der Waals surface area contributed by atoms with Crippen molar-refractivity contribution in [3.63, 3.8) is 0 Å². The van der Waals surface area contributed by atoms with Crippen LogP contribution in [0.1, 0.15) is 30.7 Å². The Labute approximate surface area is 108 Å². The van der Waals surface area contributed by atoms with Gasteiger partial charge in [0, 0.05) is 0 Å². The summed E-state index contributed by atoms with van der Waals surface area (Å²) in [5.41, 5.74) is 0. The maximum Gasteiger partial charge on any atom is 0.307 e. The smallest absolute Gasteiger partial charge is 0.307 e. The molecule has 1 aliphatic rings. The fraction of sp³-hybridized carbons (Fsp3) is 0.636. The Bertz CT molecular complexity index is 460. The number of hydrogen-bond donors (Lipinski definition) is 2. The van der Waals surface area contributed by atoms with Gasteiger partial charge >= 0.3 is 5.97 Å². The number of aromatic nitrogens is 2. The number of anilines is 1. The van der Waals surface area contributed by atoms with E-state index in [0.717, 1.165) is 17.8 Å². The second kappa shape index (κ2) is 5.43. The van der Waals surface area contributed by atoms with Crippen LogP contribution in [0.2, 0.25) is 0 Å². The van der Waals surface area contributed by atoms with Gasteiger partial charge in [-0.2, -0.15) is 0 Å². The number of carbonyl (C=O) groups excluding carboxylic acids is 1. The molecular weight excluding hydrogens is 254 g/mol. The number of nitrogens with one attached hydrogen (secondary N) is 1. The van der Waals surface area contributed by atoms with Crippen LogP contribution >= 0.6 is 11.3 Å². The Morgan fingerprint density at radius 3 is 2.50 bits per heavy atom. The molecule has 0 bridgehead atoms. The SMILES string of the molecule is Cc1nnc(NC(=O)[C@@H]2CCCC[C@@H]2C(=O)O)s1. The number of hydrogen-bond acceptors (Lipinski definition) is 5. The minimum atomic E-state index is -0.886. The molecule has 1 aliphatic carbocycles. The first-order chi connectivity index (χ1) is 8.58. The summed E-state index contributed by atoms with van der Waals surface area (Å²) in [5.74, 6) is -2.17. The monoisotopic (exact) mass is 269 g/mol. The van der Waals surface area contributed by atoms with Crippen LogP contribution in [0, 0.1) is 18.8 Å². The molecule has 98 valence electrons. The van der Waals surface area contributed by atoms with Gasteiger partial charge < -0.3 is 10.4 Å². The first kappa shape index (κ1) is 12.9. The highest BCUT2D eigenvalue weighted by atomic mass is 32.1. The van der Waals surface area contributed by atoms with Crippen LogP contribution in [0.5, 0.6) is 0 Å². The van der Waals surface area contributed by atoms with Crippen LogP contribution in [-0.4, -0.2) is 27.2 Å². The Morgan fingerprint density at radius 1 is 1.28 bits per heavy atom. The van der Waals surface area contributed by atoms with Crippen molar-refractivity contribution in [2.45, 2.75) is 32.6 Å². The van der Waals surface area contributed by atoms with Crippen molar-refractivity contribution in [1.29, 1.82) is 0 Å². The Balaban J connectivity index is 2.04. The first-order valence-corrected chi connectivity index (χ1v) is 6.73. The van der Waals surface area contributed by atoms with Crippen LogP contribution in [0.3, 0.4) is 0 Å². The summed E-state index contributed by atoms with van der Waals surface area (Å²) in [6, 6.07) is 0. The maximum absolute atomic E-state index is 12.1. The van der Waals surface area contributed by atoms with E-state index in [9.17, 15) is 9.59 Å². The molecule has 1 amide bonds. The predicted octanol–water partition coefficient (Wildman–Crippen LogP) is 1.68. The summed E-state index contributed by atoms with van der Waals surface area (Å²) < 4.78 is 0. The molecule has 2 N–H and O–H groups in total. The molecule has 1 aromatic rings. The normalized spacial score (nSPS) is 23.6. The quantitative estimate of drug-likeness (QED) is 0.870. The van der Waals surface area contributed by atoms with Gasteiger partial charge in [-0.15, -0.1) is 10.2 Å². The lowest BCUT2D eigenvalue weighted by molar-refractivity contribution is -0.147. The second-order valence-electron chi connectivity index (χ2n) is 4.45. The van der Waals surface area contributed by atoms with Gasteiger partial charge in [0.2, 0.25) is 11.0 Å². The third-order valence-corrected chi connectivity index (χ3v) is 3.93. The van der Waals surface area contributed by atoms with Crippen molar-refractivity contribution in [3.8, 4) is 0 Å². The molecule has 1 heterocycles. The van der Waals surface area contributed by atoms with E-state index in [1.165, 1.54) is 11.3 Å². The summed E-state index contributed by atoms with van der Waals surface area (Å²) in [5, 5.41) is 20.6. The zero-order chi connectivity index (χ0) is 13.1. The van der Waals surface area contributed by atoms with Crippen LogP contribution in [-0.2, 0) is 9.59 Å². The summed E-state index contributed by atoms with van der Waals surface area (Å²) in [6.45, 7) is 1.80. The highest BCUT2D eigenvalue weighted by Gasteiger charge is 2.35. The molecule has 6 nitrogen and oxygen atoms in total. The minimum Gasteiger partial charge on any atom is -0.481 e. The van der Waals surface area contributed by atoms with Gasteiger partial charge in [-0.1, -0.05) is 24.2 Å². The predicted molar refractivity (Wildman–Crippen MR) is 66.4 cm³/mol. The zero-order valence-corrected chi connectivity index (χ0v) is 10.9. The van der Waals surface area contributed by atoms with Gasteiger partial charge in [0.05, 0.1) is 11.8 Å². The number of carbonyl (C=O) groups is 2. The molecule has 0 saturated heterocycles. The van der Waals surface area contributed by atoms with Gasteiger partial charge in [0.1, 0.15) is 5.01 Å². The van der Waals surface area contributed by atoms with E-state index in [1.54, 1.807) is 6.92 Å². The van der Waals surface area contributed by atoms with E-state index < -0.39 is 17.8 Å². The van der Waals surface area contributed by atoms with E-state index in [-0.39, 0.29) is 5.91 Å². The van der Waals surface area contributed by atoms with E-state index in [1.807, 2.05) is 0 Å². The van der Waals surface area contributed by atoms with Gasteiger partial charge in [-0.25, -0.2) is 0 Å². The second-order valence-corrected chi connectivity index (χ2v) is 5.63. The molecule has 7 heteroatoms. The van der Waals surface area contributed by atoms with Gasteiger partial charge in [-0.05, 0) is 19.8 Å². The summed E-state index contributed by atoms with van der Waals surface area (Å²) >= 11 is 1.29. The van der Waals surface area contributed by atoms with Crippen molar-refractivity contribution in [2.75, 3.05) is 5.32 Å². The van der Waals surface area contributed by atoms with Crippen LogP contribution in [0.15, 0.2) is 0 Å². The van der Waals surface area contributed by atoms with Crippen molar-refractivity contribution in [2.24, 2.45) is 11.8 Å². The highest BCUT2D eigenvalue weighted by molar-refractivity contribution is 7.15. The largest absolute Gasteiger partial charge is 0.481 e. The Morgan fingerprint density at radius 2 is 1.94 bits per heavy atom. The number of carboxylic acid groups (broad SMARTS) is 1. The number of carboxylic acids is 1. The topological polar surface area (TPSA) is 92.2 Å². The van der Waals surface area contributed by atoms with Crippen molar-refractivity contribution < 1.29 is 14.7 Å². The number of aliphatic carboxylic acids is 1. The summed E-state index contributed by atoms with van der Waals surface area (Å²) in [6.07, 6.45) is 2.97. The number of rotatable bonds is 3. The number of amides is 1. The van der Waals surface area contributed by atoms with Gasteiger partial charge in [-0.3, -0.25) is 9.59 Å². The lowest BCUT2D eigenvalue weighted by atomic mass is 9.79. The Kier molecular flexibility index (Phi) is 3.90. The number of aryl methyl sites for hydroxylation is 1. The van der Waals surface area contributed by atoms with Crippen LogP contribution < -0.4 is 5.32 Å². The molecular formula is C11H15N3O3S. The third kappa shape index (κ3) is 2.84. The van der Waals surface area contributed by atoms with E-state index >= 15 is 0 Å². The molecule has 0 unspecified atom stereocenters. The molecule has 1 saturated carbocycles. The first-order valence-electron chi connectivity index (χ1n) is 5.91. The fourth-order valence-electron chi connectivity index (χ4n) is 2.29. The van der Waals surface area contributed by atoms with Crippen molar-refractivity contribution in [3.05, 3.63) is 5.01 Å². The molecule has 0 aliphatic heterocycles. The minimum absolute atomic E-state index is 0.252. The van der Waals surface area contributed by atoms with E-state index in [2.05, 4.69) is 15.5 Å². The summed E-state index contributed by atoms with van der Waals surface area (Å²) in [7, 11) is 0. The molecule has 0 aromatic carbocycles. The Hall–Kier alpha value is -1.50. The third-order valence-electron chi connectivity index (χ3n) is 3.18. The van der Waals surface area contributed by atoms with Crippen molar-refractivity contribution in [1.82, 2.24) is 10.2 Å². The average Bonchev–Trinajstić information content (AvgIpc) is 2.74. The standard InChI is InChI=1S/C11H15N3O3S/c1-6-13-14-11(18-6)12-9(15)7-4-2-3-5-8(7)10(16)17/h7-8H,2-5H2,1H3,(H,16,17)(H,12,14,15)/t7-,8+/m1/s1. The number of nitrogens with zero attached hydrogens (tertiary/aromatic N) is 2. The van der Waals surface area contributed by atoms with Crippen LogP contribution in [0.25, 0.3) is 0 Å². The van der Waals surface area contributed by atoms with Crippen LogP contribution in [0.4, 0.5) is 5.13 Å². The van der Waals surface area contributed by atoms with E-state index in [0.29, 0.717) is 18.0 Å². The van der Waals surface area contributed by atoms with Gasteiger partial charge in [0.15, 0.2) is 0 Å². The highest BCUT2D eigenvalue weighted by Crippen LogP contribution is 2.31.